The number of rotatable bonds is 8. The molecule has 0 heterocycles. The van der Waals surface area contributed by atoms with E-state index < -0.39 is 15.9 Å². The summed E-state index contributed by atoms with van der Waals surface area (Å²) in [6.07, 6.45) is 4.25. The Balaban J connectivity index is 1.64. The average Bonchev–Trinajstić information content (AvgIpc) is 2.87. The van der Waals surface area contributed by atoms with E-state index in [4.69, 9.17) is 16.3 Å². The first-order valence-electron chi connectivity index (χ1n) is 11.3. The van der Waals surface area contributed by atoms with Gasteiger partial charge in [0.15, 0.2) is 0 Å². The Morgan fingerprint density at radius 3 is 2.63 bits per heavy atom. The summed E-state index contributed by atoms with van der Waals surface area (Å²) in [7, 11) is -2.47. The third kappa shape index (κ3) is 5.21. The maximum atomic E-state index is 13.6. The number of sulfonamides is 1. The highest BCUT2D eigenvalue weighted by Gasteiger charge is 2.27. The Bertz CT molecular complexity index is 1340. The van der Waals surface area contributed by atoms with Gasteiger partial charge in [0.25, 0.3) is 15.9 Å². The monoisotopic (exact) mass is 510 g/mol. The van der Waals surface area contributed by atoms with E-state index in [1.807, 2.05) is 18.2 Å². The molecule has 3 aromatic carbocycles. The van der Waals surface area contributed by atoms with Crippen molar-refractivity contribution >= 4 is 33.2 Å². The van der Waals surface area contributed by atoms with Crippen LogP contribution in [0.15, 0.2) is 84.3 Å². The molecule has 1 N–H and O–H groups in total. The minimum absolute atomic E-state index is 0.0336. The molecule has 6 nitrogen and oxygen atoms in total. The molecule has 0 aliphatic heterocycles. The van der Waals surface area contributed by atoms with Crippen molar-refractivity contribution < 1.29 is 17.9 Å². The van der Waals surface area contributed by atoms with E-state index in [-0.39, 0.29) is 28.1 Å². The maximum Gasteiger partial charge on any atom is 0.264 e. The Labute approximate surface area is 211 Å². The summed E-state index contributed by atoms with van der Waals surface area (Å²) in [4.78, 5) is 13.2. The highest BCUT2D eigenvalue weighted by molar-refractivity contribution is 7.92. The molecule has 4 rings (SSSR count). The predicted molar refractivity (Wildman–Crippen MR) is 139 cm³/mol. The predicted octanol–water partition coefficient (Wildman–Crippen LogP) is 5.54. The van der Waals surface area contributed by atoms with Crippen LogP contribution in [0.5, 0.6) is 5.75 Å². The number of carbonyl (C=O) groups excluding carboxylic acids is 1. The van der Waals surface area contributed by atoms with Crippen molar-refractivity contribution in [2.75, 3.05) is 18.0 Å². The number of halogens is 1. The fourth-order valence-corrected chi connectivity index (χ4v) is 5.98. The topological polar surface area (TPSA) is 75.7 Å². The van der Waals surface area contributed by atoms with Crippen molar-refractivity contribution in [1.82, 2.24) is 5.32 Å². The number of fused-ring (bicyclic) bond motifs is 1. The van der Waals surface area contributed by atoms with Gasteiger partial charge in [0, 0.05) is 0 Å². The SMILES string of the molecule is C=CCN(c1ccc(OC)cc1)S(=O)(=O)c1ccc(Cl)c(C(=O)N[C@@H]2CCCc3ccccc32)c1. The van der Waals surface area contributed by atoms with E-state index in [1.54, 1.807) is 31.4 Å². The average molecular weight is 511 g/mol. The van der Waals surface area contributed by atoms with Gasteiger partial charge < -0.3 is 10.1 Å². The smallest absolute Gasteiger partial charge is 0.264 e. The number of anilines is 1. The number of ether oxygens (including phenoxy) is 1. The van der Waals surface area contributed by atoms with Crippen LogP contribution in [0.4, 0.5) is 5.69 Å². The first-order valence-corrected chi connectivity index (χ1v) is 13.1. The van der Waals surface area contributed by atoms with Gasteiger partial charge in [-0.1, -0.05) is 41.9 Å². The van der Waals surface area contributed by atoms with Gasteiger partial charge in [-0.2, -0.15) is 0 Å². The highest BCUT2D eigenvalue weighted by Crippen LogP contribution is 2.31. The molecule has 0 unspecified atom stereocenters. The minimum atomic E-state index is -4.01. The maximum absolute atomic E-state index is 13.6. The number of nitrogens with zero attached hydrogens (tertiary/aromatic N) is 1. The van der Waals surface area contributed by atoms with Gasteiger partial charge in [0.05, 0.1) is 40.9 Å². The van der Waals surface area contributed by atoms with Crippen LogP contribution in [0.1, 0.15) is 40.4 Å². The van der Waals surface area contributed by atoms with E-state index in [0.717, 1.165) is 24.8 Å². The number of aryl methyl sites for hydroxylation is 1. The first-order chi connectivity index (χ1) is 16.8. The van der Waals surface area contributed by atoms with Crippen molar-refractivity contribution in [3.63, 3.8) is 0 Å². The molecule has 0 fully saturated rings. The molecule has 1 atom stereocenters. The number of hydrogen-bond donors (Lipinski definition) is 1. The first kappa shape index (κ1) is 24.8. The van der Waals surface area contributed by atoms with Gasteiger partial charge in [0.2, 0.25) is 0 Å². The summed E-state index contributed by atoms with van der Waals surface area (Å²) < 4.78 is 33.6. The van der Waals surface area contributed by atoms with Crippen molar-refractivity contribution in [3.8, 4) is 5.75 Å². The van der Waals surface area contributed by atoms with Crippen LogP contribution in [0.2, 0.25) is 5.02 Å². The number of hydrogen-bond acceptors (Lipinski definition) is 4. The largest absolute Gasteiger partial charge is 0.497 e. The minimum Gasteiger partial charge on any atom is -0.497 e. The second-order valence-electron chi connectivity index (χ2n) is 8.28. The zero-order chi connectivity index (χ0) is 25.0. The van der Waals surface area contributed by atoms with E-state index >= 15 is 0 Å². The van der Waals surface area contributed by atoms with Crippen molar-refractivity contribution in [2.24, 2.45) is 0 Å². The lowest BCUT2D eigenvalue weighted by molar-refractivity contribution is 0.0932. The lowest BCUT2D eigenvalue weighted by Crippen LogP contribution is -2.33. The van der Waals surface area contributed by atoms with E-state index in [0.29, 0.717) is 11.4 Å². The number of methoxy groups -OCH3 is 1. The summed E-state index contributed by atoms with van der Waals surface area (Å²) in [6, 6.07) is 18.7. The molecule has 1 amide bonds. The molecule has 0 radical (unpaired) electrons. The third-order valence-corrected chi connectivity index (χ3v) is 8.22. The van der Waals surface area contributed by atoms with Crippen LogP contribution in [-0.2, 0) is 16.4 Å². The molecular weight excluding hydrogens is 484 g/mol. The lowest BCUT2D eigenvalue weighted by atomic mass is 9.87. The summed E-state index contributed by atoms with van der Waals surface area (Å²) in [6.45, 7) is 3.75. The molecule has 0 saturated heterocycles. The van der Waals surface area contributed by atoms with Gasteiger partial charge in [0.1, 0.15) is 5.75 Å². The molecule has 182 valence electrons. The molecule has 0 saturated carbocycles. The van der Waals surface area contributed by atoms with Gasteiger partial charge in [-0.05, 0) is 72.9 Å². The Kier molecular flexibility index (Phi) is 7.48. The van der Waals surface area contributed by atoms with Crippen LogP contribution in [0.25, 0.3) is 0 Å². The Hall–Kier alpha value is -3.29. The van der Waals surface area contributed by atoms with Gasteiger partial charge in [-0.25, -0.2) is 8.42 Å². The number of carbonyl (C=O) groups is 1. The third-order valence-electron chi connectivity index (χ3n) is 6.10. The van der Waals surface area contributed by atoms with E-state index in [2.05, 4.69) is 18.0 Å². The second kappa shape index (κ2) is 10.5. The number of nitrogens with one attached hydrogen (secondary N) is 1. The molecule has 8 heteroatoms. The molecule has 0 spiro atoms. The van der Waals surface area contributed by atoms with Crippen LogP contribution in [-0.4, -0.2) is 28.0 Å². The fourth-order valence-electron chi connectivity index (χ4n) is 4.31. The van der Waals surface area contributed by atoms with Crippen molar-refractivity contribution in [2.45, 2.75) is 30.2 Å². The fraction of sp³-hybridized carbons (Fsp3) is 0.222. The standard InChI is InChI=1S/C27H27ClN2O4S/c1-3-17-30(20-11-13-21(34-2)14-12-20)35(32,33)22-15-16-25(28)24(18-22)27(31)29-26-10-6-8-19-7-4-5-9-23(19)26/h3-5,7,9,11-16,18,26H,1,6,8,10,17H2,2H3,(H,29,31)/t26-/m1/s1. The van der Waals surface area contributed by atoms with Gasteiger partial charge >= 0.3 is 0 Å². The van der Waals surface area contributed by atoms with Crippen LogP contribution in [0, 0.1) is 0 Å². The Morgan fingerprint density at radius 1 is 1.17 bits per heavy atom. The summed E-state index contributed by atoms with van der Waals surface area (Å²) >= 11 is 6.35. The molecule has 3 aromatic rings. The quantitative estimate of drug-likeness (QED) is 0.404. The zero-order valence-electron chi connectivity index (χ0n) is 19.4. The van der Waals surface area contributed by atoms with Gasteiger partial charge in [-0.3, -0.25) is 9.10 Å². The van der Waals surface area contributed by atoms with Crippen LogP contribution in [0.3, 0.4) is 0 Å². The van der Waals surface area contributed by atoms with Gasteiger partial charge in [-0.15, -0.1) is 6.58 Å². The lowest BCUT2D eigenvalue weighted by Gasteiger charge is -2.27. The second-order valence-corrected chi connectivity index (χ2v) is 10.6. The molecule has 0 aromatic heterocycles. The molecular formula is C27H27ClN2O4S. The summed E-state index contributed by atoms with van der Waals surface area (Å²) in [5.41, 5.74) is 2.87. The number of benzene rings is 3. The van der Waals surface area contributed by atoms with E-state index in [9.17, 15) is 13.2 Å². The van der Waals surface area contributed by atoms with Crippen molar-refractivity contribution in [3.05, 3.63) is 101 Å². The molecule has 1 aliphatic rings. The van der Waals surface area contributed by atoms with E-state index in [1.165, 1.54) is 34.1 Å². The molecule has 1 aliphatic carbocycles. The van der Waals surface area contributed by atoms with Crippen molar-refractivity contribution in [1.29, 1.82) is 0 Å². The summed E-state index contributed by atoms with van der Waals surface area (Å²) in [5.74, 6) is 0.202. The number of amides is 1. The Morgan fingerprint density at radius 2 is 1.91 bits per heavy atom. The van der Waals surface area contributed by atoms with Crippen LogP contribution >= 0.6 is 11.6 Å². The van der Waals surface area contributed by atoms with Crippen LogP contribution < -0.4 is 14.4 Å². The highest BCUT2D eigenvalue weighted by atomic mass is 35.5. The molecule has 0 bridgehead atoms. The zero-order valence-corrected chi connectivity index (χ0v) is 21.0. The normalized spacial score (nSPS) is 15.1. The molecule has 35 heavy (non-hydrogen) atoms. The summed E-state index contributed by atoms with van der Waals surface area (Å²) in [5, 5.41) is 3.23.